The molecule has 0 aliphatic heterocycles. The second kappa shape index (κ2) is 3.88. The highest BCUT2D eigenvalue weighted by Crippen LogP contribution is 2.32. The Morgan fingerprint density at radius 1 is 1.26 bits per heavy atom. The van der Waals surface area contributed by atoms with Gasteiger partial charge >= 0.3 is 0 Å². The Labute approximate surface area is 110 Å². The van der Waals surface area contributed by atoms with Crippen molar-refractivity contribution >= 4 is 27.7 Å². The molecule has 0 saturated heterocycles. The molecule has 0 bridgehead atoms. The highest BCUT2D eigenvalue weighted by molar-refractivity contribution is 5.97. The van der Waals surface area contributed by atoms with Crippen LogP contribution in [0.25, 0.3) is 22.0 Å². The van der Waals surface area contributed by atoms with Gasteiger partial charge in [-0.15, -0.1) is 0 Å². The maximum Gasteiger partial charge on any atom is 0.232 e. The maximum atomic E-state index is 12.5. The lowest BCUT2D eigenvalue weighted by Gasteiger charge is -2.06. The minimum Gasteiger partial charge on any atom is -0.453 e. The Morgan fingerprint density at radius 3 is 2.63 bits per heavy atom. The third-order valence-corrected chi connectivity index (χ3v) is 3.52. The monoisotopic (exact) mass is 256 g/mol. The smallest absolute Gasteiger partial charge is 0.232 e. The first-order valence-corrected chi connectivity index (χ1v) is 6.32. The molecular formula is C15H16N2O2. The summed E-state index contributed by atoms with van der Waals surface area (Å²) >= 11 is 0. The van der Waals surface area contributed by atoms with Gasteiger partial charge in [0.05, 0.1) is 11.2 Å². The van der Waals surface area contributed by atoms with E-state index in [-0.39, 0.29) is 11.3 Å². The van der Waals surface area contributed by atoms with Crippen molar-refractivity contribution in [3.63, 3.8) is 0 Å². The Morgan fingerprint density at radius 2 is 1.95 bits per heavy atom. The number of furan rings is 1. The van der Waals surface area contributed by atoms with E-state index in [1.54, 1.807) is 0 Å². The minimum absolute atomic E-state index is 0.0951. The number of hydrogen-bond acceptors (Lipinski definition) is 3. The Bertz CT molecular complexity index is 841. The van der Waals surface area contributed by atoms with Crippen LogP contribution < -0.4 is 11.2 Å². The van der Waals surface area contributed by atoms with Gasteiger partial charge in [0.2, 0.25) is 11.0 Å². The van der Waals surface area contributed by atoms with Crippen LogP contribution in [0.1, 0.15) is 25.5 Å². The molecule has 0 radical (unpaired) electrons. The summed E-state index contributed by atoms with van der Waals surface area (Å²) in [6.45, 7) is 4.00. The number of nitrogen functional groups attached to an aromatic ring is 1. The number of aryl methyl sites for hydroxylation is 1. The van der Waals surface area contributed by atoms with Gasteiger partial charge in [0.15, 0.2) is 0 Å². The molecule has 4 heteroatoms. The summed E-state index contributed by atoms with van der Waals surface area (Å²) < 4.78 is 7.65. The molecule has 0 unspecified atom stereocenters. The number of aromatic nitrogens is 1. The van der Waals surface area contributed by atoms with Gasteiger partial charge in [-0.3, -0.25) is 4.79 Å². The van der Waals surface area contributed by atoms with Crippen molar-refractivity contribution < 1.29 is 4.42 Å². The third kappa shape index (κ3) is 1.49. The molecule has 3 rings (SSSR count). The number of pyridine rings is 1. The Kier molecular flexibility index (Phi) is 2.42. The largest absolute Gasteiger partial charge is 0.453 e. The zero-order valence-electron chi connectivity index (χ0n) is 11.2. The molecule has 2 N–H and O–H groups in total. The highest BCUT2D eigenvalue weighted by atomic mass is 16.3. The molecule has 2 heterocycles. The first-order valence-electron chi connectivity index (χ1n) is 6.32. The van der Waals surface area contributed by atoms with Crippen LogP contribution in [-0.2, 0) is 7.05 Å². The van der Waals surface area contributed by atoms with Crippen LogP contribution in [0.15, 0.2) is 33.5 Å². The summed E-state index contributed by atoms with van der Waals surface area (Å²) in [6.07, 6.45) is 0. The van der Waals surface area contributed by atoms with E-state index in [2.05, 4.69) is 0 Å². The normalized spacial score (nSPS) is 11.8. The lowest BCUT2D eigenvalue weighted by atomic mass is 10.1. The van der Waals surface area contributed by atoms with Crippen molar-refractivity contribution in [2.45, 2.75) is 19.8 Å². The second-order valence-corrected chi connectivity index (χ2v) is 5.12. The Balaban J connectivity index is 2.61. The first-order chi connectivity index (χ1) is 9.02. The summed E-state index contributed by atoms with van der Waals surface area (Å²) in [5.74, 6) is 0.827. The van der Waals surface area contributed by atoms with Gasteiger partial charge in [0.1, 0.15) is 11.3 Å². The van der Waals surface area contributed by atoms with Crippen molar-refractivity contribution in [2.75, 3.05) is 5.73 Å². The van der Waals surface area contributed by atoms with Crippen molar-refractivity contribution in [3.8, 4) is 0 Å². The fraction of sp³-hybridized carbons (Fsp3) is 0.267. The SMILES string of the molecule is CC(C)c1oc2c(=O)c3ccccc3n(C)c2c1N. The summed E-state index contributed by atoms with van der Waals surface area (Å²) in [6, 6.07) is 7.49. The average Bonchev–Trinajstić information content (AvgIpc) is 2.74. The van der Waals surface area contributed by atoms with E-state index in [9.17, 15) is 4.79 Å². The van der Waals surface area contributed by atoms with Crippen LogP contribution in [0.4, 0.5) is 5.69 Å². The van der Waals surface area contributed by atoms with E-state index < -0.39 is 0 Å². The Hall–Kier alpha value is -2.23. The topological polar surface area (TPSA) is 61.2 Å². The van der Waals surface area contributed by atoms with E-state index in [0.717, 1.165) is 5.52 Å². The number of benzene rings is 1. The number of nitrogens with zero attached hydrogens (tertiary/aromatic N) is 1. The van der Waals surface area contributed by atoms with E-state index in [4.69, 9.17) is 10.2 Å². The van der Waals surface area contributed by atoms with Crippen LogP contribution in [0, 0.1) is 0 Å². The molecule has 0 amide bonds. The second-order valence-electron chi connectivity index (χ2n) is 5.12. The molecule has 3 aromatic rings. The lowest BCUT2D eigenvalue weighted by molar-refractivity contribution is 0.522. The molecule has 0 saturated carbocycles. The predicted molar refractivity (Wildman–Crippen MR) is 77.5 cm³/mol. The standard InChI is InChI=1S/C15H16N2O2/c1-8(2)14-11(16)12-15(19-14)13(18)9-6-4-5-7-10(9)17(12)3/h4-8H,16H2,1-3H3. The van der Waals surface area contributed by atoms with Gasteiger partial charge in [0.25, 0.3) is 0 Å². The van der Waals surface area contributed by atoms with Gasteiger partial charge < -0.3 is 14.7 Å². The van der Waals surface area contributed by atoms with E-state index in [0.29, 0.717) is 27.9 Å². The molecule has 19 heavy (non-hydrogen) atoms. The summed E-state index contributed by atoms with van der Waals surface area (Å²) in [5.41, 5.74) is 8.52. The van der Waals surface area contributed by atoms with Crippen LogP contribution in [0.5, 0.6) is 0 Å². The van der Waals surface area contributed by atoms with Crippen molar-refractivity contribution in [3.05, 3.63) is 40.2 Å². The van der Waals surface area contributed by atoms with Gasteiger partial charge in [0, 0.05) is 18.4 Å². The van der Waals surface area contributed by atoms with Gasteiger partial charge in [-0.25, -0.2) is 0 Å². The van der Waals surface area contributed by atoms with Crippen molar-refractivity contribution in [1.29, 1.82) is 0 Å². The summed E-state index contributed by atoms with van der Waals surface area (Å²) in [5, 5.41) is 0.654. The quantitative estimate of drug-likeness (QED) is 0.728. The number of anilines is 1. The number of nitrogens with two attached hydrogens (primary N) is 1. The molecule has 0 spiro atoms. The lowest BCUT2D eigenvalue weighted by Crippen LogP contribution is -2.08. The zero-order chi connectivity index (χ0) is 13.7. The zero-order valence-corrected chi connectivity index (χ0v) is 11.2. The molecule has 1 aromatic carbocycles. The minimum atomic E-state index is -0.0951. The molecule has 0 fully saturated rings. The van der Waals surface area contributed by atoms with E-state index >= 15 is 0 Å². The van der Waals surface area contributed by atoms with Gasteiger partial charge in [-0.05, 0) is 12.1 Å². The van der Waals surface area contributed by atoms with Crippen LogP contribution in [-0.4, -0.2) is 4.57 Å². The van der Waals surface area contributed by atoms with E-state index in [1.165, 1.54) is 0 Å². The number of hydrogen-bond donors (Lipinski definition) is 1. The maximum absolute atomic E-state index is 12.5. The number of para-hydroxylation sites is 1. The number of fused-ring (bicyclic) bond motifs is 2. The average molecular weight is 256 g/mol. The molecule has 2 aromatic heterocycles. The van der Waals surface area contributed by atoms with Gasteiger partial charge in [-0.2, -0.15) is 0 Å². The van der Waals surface area contributed by atoms with Crippen molar-refractivity contribution in [1.82, 2.24) is 4.57 Å². The highest BCUT2D eigenvalue weighted by Gasteiger charge is 2.20. The fourth-order valence-corrected chi connectivity index (χ4v) is 2.57. The van der Waals surface area contributed by atoms with Crippen LogP contribution in [0.3, 0.4) is 0 Å². The van der Waals surface area contributed by atoms with Crippen LogP contribution >= 0.6 is 0 Å². The fourth-order valence-electron chi connectivity index (χ4n) is 2.57. The number of rotatable bonds is 1. The van der Waals surface area contributed by atoms with Crippen LogP contribution in [0.2, 0.25) is 0 Å². The predicted octanol–water partition coefficient (Wildman–Crippen LogP) is 2.99. The summed E-state index contributed by atoms with van der Waals surface area (Å²) in [7, 11) is 1.90. The first kappa shape index (κ1) is 11.8. The third-order valence-electron chi connectivity index (χ3n) is 3.52. The molecule has 98 valence electrons. The van der Waals surface area contributed by atoms with Crippen molar-refractivity contribution in [2.24, 2.45) is 7.05 Å². The molecule has 4 nitrogen and oxygen atoms in total. The van der Waals surface area contributed by atoms with Gasteiger partial charge in [-0.1, -0.05) is 26.0 Å². The molecule has 0 atom stereocenters. The molecular weight excluding hydrogens is 240 g/mol. The molecule has 0 aliphatic rings. The molecule has 0 aliphatic carbocycles. The summed E-state index contributed by atoms with van der Waals surface area (Å²) in [4.78, 5) is 12.5. The van der Waals surface area contributed by atoms with E-state index in [1.807, 2.05) is 49.7 Å².